The third-order valence-electron chi connectivity index (χ3n) is 4.87. The Labute approximate surface area is 188 Å². The summed E-state index contributed by atoms with van der Waals surface area (Å²) in [5.41, 5.74) is 0.773. The van der Waals surface area contributed by atoms with Crippen LogP contribution < -0.4 is 9.47 Å². The zero-order valence-corrected chi connectivity index (χ0v) is 18.5. The van der Waals surface area contributed by atoms with Crippen LogP contribution in [0.2, 0.25) is 0 Å². The van der Waals surface area contributed by atoms with E-state index in [1.54, 1.807) is 54.6 Å². The maximum absolute atomic E-state index is 13.1. The van der Waals surface area contributed by atoms with E-state index in [-0.39, 0.29) is 12.4 Å². The van der Waals surface area contributed by atoms with Crippen LogP contribution >= 0.6 is 0 Å². The third kappa shape index (κ3) is 6.53. The Kier molecular flexibility index (Phi) is 10.1. The summed E-state index contributed by atoms with van der Waals surface area (Å²) < 4.78 is 25.0. The predicted octanol–water partition coefficient (Wildman–Crippen LogP) is 4.22. The molecule has 0 radical (unpaired) electrons. The van der Waals surface area contributed by atoms with Gasteiger partial charge < -0.3 is 24.8 Å². The van der Waals surface area contributed by atoms with Gasteiger partial charge in [-0.25, -0.2) is 4.39 Å². The minimum absolute atomic E-state index is 0.192. The molecule has 0 spiro atoms. The standard InChI is InChI=1S/C24H25FO5.C2H6/c25-21-9-6-18(7-10-21)12-13-29-22-11-8-19(15-26)14-23(22)30-24(16-27,17-28)20-4-2-1-3-5-20;1-2/h1-11,14,26-28H,12-13,15-17H2;1-2H3. The van der Waals surface area contributed by atoms with Crippen molar-refractivity contribution in [1.82, 2.24) is 0 Å². The lowest BCUT2D eigenvalue weighted by molar-refractivity contribution is -0.0401. The van der Waals surface area contributed by atoms with Crippen molar-refractivity contribution in [2.75, 3.05) is 19.8 Å². The van der Waals surface area contributed by atoms with E-state index in [0.29, 0.717) is 35.7 Å². The fraction of sp³-hybridized carbons (Fsp3) is 0.308. The van der Waals surface area contributed by atoms with Crippen LogP contribution in [0, 0.1) is 5.82 Å². The van der Waals surface area contributed by atoms with Crippen LogP contribution in [-0.4, -0.2) is 35.1 Å². The van der Waals surface area contributed by atoms with Crippen molar-refractivity contribution >= 4 is 0 Å². The number of rotatable bonds is 10. The van der Waals surface area contributed by atoms with Gasteiger partial charge in [0.2, 0.25) is 0 Å². The molecule has 0 unspecified atom stereocenters. The van der Waals surface area contributed by atoms with Gasteiger partial charge in [-0.3, -0.25) is 0 Å². The second kappa shape index (κ2) is 12.8. The lowest BCUT2D eigenvalue weighted by Gasteiger charge is -2.32. The Hall–Kier alpha value is -2.93. The average molecular weight is 443 g/mol. The van der Waals surface area contributed by atoms with E-state index in [1.165, 1.54) is 12.1 Å². The number of benzene rings is 3. The maximum atomic E-state index is 13.1. The molecular formula is C26H31FO5. The Morgan fingerprint density at radius 3 is 2.00 bits per heavy atom. The van der Waals surface area contributed by atoms with Gasteiger partial charge in [-0.05, 0) is 35.4 Å². The molecule has 0 atom stereocenters. The van der Waals surface area contributed by atoms with Crippen molar-refractivity contribution in [2.45, 2.75) is 32.5 Å². The highest BCUT2D eigenvalue weighted by Crippen LogP contribution is 2.35. The largest absolute Gasteiger partial charge is 0.489 e. The Morgan fingerprint density at radius 1 is 0.781 bits per heavy atom. The molecule has 0 saturated carbocycles. The van der Waals surface area contributed by atoms with Gasteiger partial charge >= 0.3 is 0 Å². The van der Waals surface area contributed by atoms with E-state index in [0.717, 1.165) is 5.56 Å². The predicted molar refractivity (Wildman–Crippen MR) is 122 cm³/mol. The summed E-state index contributed by atoms with van der Waals surface area (Å²) >= 11 is 0. The van der Waals surface area contributed by atoms with Crippen LogP contribution in [0.15, 0.2) is 72.8 Å². The summed E-state index contributed by atoms with van der Waals surface area (Å²) in [6, 6.07) is 20.1. The first kappa shape index (κ1) is 25.3. The molecule has 5 nitrogen and oxygen atoms in total. The van der Waals surface area contributed by atoms with Crippen molar-refractivity contribution in [3.8, 4) is 11.5 Å². The van der Waals surface area contributed by atoms with Crippen LogP contribution in [0.4, 0.5) is 4.39 Å². The lowest BCUT2D eigenvalue weighted by atomic mass is 9.95. The minimum atomic E-state index is -1.37. The Morgan fingerprint density at radius 2 is 1.41 bits per heavy atom. The molecule has 172 valence electrons. The molecule has 0 aromatic heterocycles. The zero-order valence-electron chi connectivity index (χ0n) is 18.5. The quantitative estimate of drug-likeness (QED) is 0.438. The molecule has 3 aromatic carbocycles. The number of aliphatic hydroxyl groups is 3. The second-order valence-electron chi connectivity index (χ2n) is 6.94. The molecule has 3 rings (SSSR count). The number of ether oxygens (including phenoxy) is 2. The van der Waals surface area contributed by atoms with E-state index >= 15 is 0 Å². The normalized spacial score (nSPS) is 10.8. The SMILES string of the molecule is CC.OCc1ccc(OCCc2ccc(F)cc2)c(OC(CO)(CO)c2ccccc2)c1. The summed E-state index contributed by atoms with van der Waals surface area (Å²) in [6.45, 7) is 3.22. The lowest BCUT2D eigenvalue weighted by Crippen LogP contribution is -2.41. The first-order valence-corrected chi connectivity index (χ1v) is 10.7. The minimum Gasteiger partial charge on any atom is -0.489 e. The van der Waals surface area contributed by atoms with Crippen LogP contribution in [0.25, 0.3) is 0 Å². The van der Waals surface area contributed by atoms with Crippen molar-refractivity contribution in [3.63, 3.8) is 0 Å². The molecule has 0 aliphatic heterocycles. The molecule has 0 fully saturated rings. The molecule has 0 aliphatic rings. The van der Waals surface area contributed by atoms with Gasteiger partial charge in [0.1, 0.15) is 5.82 Å². The molecule has 0 bridgehead atoms. The Balaban J connectivity index is 0.00000176. The van der Waals surface area contributed by atoms with Gasteiger partial charge in [0.15, 0.2) is 17.1 Å². The highest BCUT2D eigenvalue weighted by molar-refractivity contribution is 5.44. The van der Waals surface area contributed by atoms with E-state index in [2.05, 4.69) is 0 Å². The summed E-state index contributed by atoms with van der Waals surface area (Å²) in [6.07, 6.45) is 0.561. The van der Waals surface area contributed by atoms with Gasteiger partial charge in [0.25, 0.3) is 0 Å². The summed E-state index contributed by atoms with van der Waals surface area (Å²) in [5.74, 6) is 0.421. The van der Waals surface area contributed by atoms with Crippen LogP contribution in [-0.2, 0) is 18.6 Å². The van der Waals surface area contributed by atoms with Crippen LogP contribution in [0.3, 0.4) is 0 Å². The third-order valence-corrected chi connectivity index (χ3v) is 4.87. The first-order valence-electron chi connectivity index (χ1n) is 10.7. The van der Waals surface area contributed by atoms with Crippen molar-refractivity contribution in [3.05, 3.63) is 95.3 Å². The van der Waals surface area contributed by atoms with Crippen molar-refractivity contribution in [1.29, 1.82) is 0 Å². The van der Waals surface area contributed by atoms with E-state index < -0.39 is 18.8 Å². The molecule has 0 saturated heterocycles. The summed E-state index contributed by atoms with van der Waals surface area (Å²) in [4.78, 5) is 0. The molecule has 0 amide bonds. The van der Waals surface area contributed by atoms with Gasteiger partial charge in [0, 0.05) is 12.0 Å². The van der Waals surface area contributed by atoms with E-state index in [1.807, 2.05) is 19.9 Å². The van der Waals surface area contributed by atoms with Gasteiger partial charge in [0.05, 0.1) is 26.4 Å². The molecular weight excluding hydrogens is 411 g/mol. The topological polar surface area (TPSA) is 79.2 Å². The molecule has 32 heavy (non-hydrogen) atoms. The monoisotopic (exact) mass is 442 g/mol. The van der Waals surface area contributed by atoms with E-state index in [9.17, 15) is 19.7 Å². The van der Waals surface area contributed by atoms with Gasteiger partial charge in [-0.2, -0.15) is 0 Å². The maximum Gasteiger partial charge on any atom is 0.180 e. The molecule has 6 heteroatoms. The average Bonchev–Trinajstić information content (AvgIpc) is 2.86. The highest BCUT2D eigenvalue weighted by atomic mass is 19.1. The highest BCUT2D eigenvalue weighted by Gasteiger charge is 2.34. The Bertz CT molecular complexity index is 925. The summed E-state index contributed by atoms with van der Waals surface area (Å²) in [5, 5.41) is 29.6. The zero-order chi connectivity index (χ0) is 23.4. The fourth-order valence-electron chi connectivity index (χ4n) is 3.09. The van der Waals surface area contributed by atoms with Crippen LogP contribution in [0.1, 0.15) is 30.5 Å². The van der Waals surface area contributed by atoms with E-state index in [4.69, 9.17) is 9.47 Å². The molecule has 3 N–H and O–H groups in total. The molecule has 0 aliphatic carbocycles. The fourth-order valence-corrected chi connectivity index (χ4v) is 3.09. The van der Waals surface area contributed by atoms with Crippen LogP contribution in [0.5, 0.6) is 11.5 Å². The number of hydrogen-bond acceptors (Lipinski definition) is 5. The molecule has 3 aromatic rings. The van der Waals surface area contributed by atoms with Gasteiger partial charge in [-0.15, -0.1) is 0 Å². The van der Waals surface area contributed by atoms with Gasteiger partial charge in [-0.1, -0.05) is 62.4 Å². The summed E-state index contributed by atoms with van der Waals surface area (Å²) in [7, 11) is 0. The van der Waals surface area contributed by atoms with Crippen molar-refractivity contribution < 1.29 is 29.2 Å². The number of hydrogen-bond donors (Lipinski definition) is 3. The van der Waals surface area contributed by atoms with Crippen molar-refractivity contribution in [2.24, 2.45) is 0 Å². The smallest absolute Gasteiger partial charge is 0.180 e. The number of aliphatic hydroxyl groups excluding tert-OH is 3. The first-order chi connectivity index (χ1) is 15.6. The second-order valence-corrected chi connectivity index (χ2v) is 6.94. The number of halogens is 1. The molecule has 0 heterocycles.